The number of hydrogen-bond acceptors (Lipinski definition) is 3. The number of carbonyl (C=O) groups excluding carboxylic acids is 1. The average Bonchev–Trinajstić information content (AvgIpc) is 3.11. The predicted octanol–water partition coefficient (Wildman–Crippen LogP) is 3.45. The number of urea groups is 1. The fourth-order valence-electron chi connectivity index (χ4n) is 3.28. The van der Waals surface area contributed by atoms with Crippen LogP contribution in [0.3, 0.4) is 0 Å². The van der Waals surface area contributed by atoms with Crippen LogP contribution in [0.5, 0.6) is 5.75 Å². The van der Waals surface area contributed by atoms with Gasteiger partial charge in [0.1, 0.15) is 5.75 Å². The molecule has 2 amide bonds. The van der Waals surface area contributed by atoms with Crippen LogP contribution in [0.1, 0.15) is 16.7 Å². The van der Waals surface area contributed by atoms with Gasteiger partial charge in [-0.2, -0.15) is 0 Å². The minimum Gasteiger partial charge on any atom is -0.470 e. The predicted molar refractivity (Wildman–Crippen MR) is 101 cm³/mol. The molecular formula is C21H21N3O2. The van der Waals surface area contributed by atoms with E-state index in [4.69, 9.17) is 4.74 Å². The Morgan fingerprint density at radius 1 is 1.23 bits per heavy atom. The summed E-state index contributed by atoms with van der Waals surface area (Å²) in [4.78, 5) is 19.9. The zero-order valence-electron chi connectivity index (χ0n) is 14.7. The normalized spacial score (nSPS) is 17.7. The van der Waals surface area contributed by atoms with Gasteiger partial charge in [0.2, 0.25) is 0 Å². The summed E-state index contributed by atoms with van der Waals surface area (Å²) in [5.41, 5.74) is 3.69. The monoisotopic (exact) mass is 347 g/mol. The second-order valence-electron chi connectivity index (χ2n) is 6.56. The molecule has 0 saturated heterocycles. The molecule has 5 heteroatoms. The fraction of sp³-hybridized carbons (Fsp3) is 0.238. The highest BCUT2D eigenvalue weighted by Crippen LogP contribution is 2.31. The van der Waals surface area contributed by atoms with Crippen molar-refractivity contribution >= 4 is 12.2 Å². The van der Waals surface area contributed by atoms with Crippen LogP contribution in [0.25, 0.3) is 0 Å². The molecule has 132 valence electrons. The summed E-state index contributed by atoms with van der Waals surface area (Å²) in [6.45, 7) is 0.487. The molecule has 26 heavy (non-hydrogen) atoms. The molecule has 2 aliphatic heterocycles. The summed E-state index contributed by atoms with van der Waals surface area (Å²) in [6.07, 6.45) is 6.34. The molecule has 2 aromatic rings. The van der Waals surface area contributed by atoms with Crippen molar-refractivity contribution in [2.75, 3.05) is 13.6 Å². The molecule has 2 aromatic carbocycles. The van der Waals surface area contributed by atoms with Crippen LogP contribution in [0.4, 0.5) is 4.79 Å². The highest BCUT2D eigenvalue weighted by Gasteiger charge is 2.31. The molecule has 0 aliphatic carbocycles. The van der Waals surface area contributed by atoms with Gasteiger partial charge in [-0.05, 0) is 23.6 Å². The van der Waals surface area contributed by atoms with E-state index < -0.39 is 0 Å². The smallest absolute Gasteiger partial charge is 0.327 e. The zero-order valence-corrected chi connectivity index (χ0v) is 14.7. The minimum atomic E-state index is -0.281. The van der Waals surface area contributed by atoms with E-state index in [0.29, 0.717) is 13.0 Å². The maximum Gasteiger partial charge on any atom is 0.327 e. The standard InChI is InChI=1S/C21H21N3O2/c1-23(21(25)24-11-9-22-10-12-24)20-15-18-14-17(7-8-19(18)26-20)13-16-5-3-2-4-6-16/h2-11,14,20H,12-13,15H2,1H3. The van der Waals surface area contributed by atoms with Gasteiger partial charge in [-0.1, -0.05) is 42.5 Å². The second kappa shape index (κ2) is 7.04. The second-order valence-corrected chi connectivity index (χ2v) is 6.56. The number of likely N-dealkylation sites (N-methyl/N-ethyl adjacent to an activating group) is 1. The van der Waals surface area contributed by atoms with Crippen molar-refractivity contribution in [3.05, 3.63) is 77.6 Å². The SMILES string of the molecule is CN(C(=O)N1C=CN=CC1)C1Cc2cc(Cc3ccccc3)ccc2O1. The van der Waals surface area contributed by atoms with E-state index in [2.05, 4.69) is 41.4 Å². The summed E-state index contributed by atoms with van der Waals surface area (Å²) in [7, 11) is 1.78. The van der Waals surface area contributed by atoms with Crippen LogP contribution in [-0.4, -0.2) is 41.9 Å². The third-order valence-corrected chi connectivity index (χ3v) is 4.73. The number of fused-ring (bicyclic) bond motifs is 1. The Balaban J connectivity index is 1.44. The van der Waals surface area contributed by atoms with Gasteiger partial charge in [-0.25, -0.2) is 4.79 Å². The van der Waals surface area contributed by atoms with Gasteiger partial charge >= 0.3 is 6.03 Å². The van der Waals surface area contributed by atoms with Crippen LogP contribution in [0.2, 0.25) is 0 Å². The van der Waals surface area contributed by atoms with E-state index in [1.54, 1.807) is 35.5 Å². The molecule has 0 saturated carbocycles. The van der Waals surface area contributed by atoms with E-state index in [1.807, 2.05) is 12.1 Å². The zero-order chi connectivity index (χ0) is 17.9. The van der Waals surface area contributed by atoms with Gasteiger partial charge in [0.05, 0.1) is 6.54 Å². The minimum absolute atomic E-state index is 0.0882. The number of hydrogen-bond donors (Lipinski definition) is 0. The van der Waals surface area contributed by atoms with Gasteiger partial charge < -0.3 is 4.74 Å². The summed E-state index contributed by atoms with van der Waals surface area (Å²) >= 11 is 0. The third-order valence-electron chi connectivity index (χ3n) is 4.73. The van der Waals surface area contributed by atoms with Crippen molar-refractivity contribution < 1.29 is 9.53 Å². The maximum atomic E-state index is 12.6. The Kier molecular flexibility index (Phi) is 4.44. The van der Waals surface area contributed by atoms with Crippen molar-refractivity contribution in [3.63, 3.8) is 0 Å². The van der Waals surface area contributed by atoms with Crippen molar-refractivity contribution in [2.24, 2.45) is 4.99 Å². The number of rotatable bonds is 3. The van der Waals surface area contributed by atoms with Crippen molar-refractivity contribution in [1.29, 1.82) is 0 Å². The number of nitrogens with zero attached hydrogens (tertiary/aromatic N) is 3. The lowest BCUT2D eigenvalue weighted by molar-refractivity contribution is 0.0753. The lowest BCUT2D eigenvalue weighted by Crippen LogP contribution is -2.46. The number of amides is 2. The molecule has 4 rings (SSSR count). The summed E-state index contributed by atoms with van der Waals surface area (Å²) in [5.74, 6) is 0.863. The highest BCUT2D eigenvalue weighted by atomic mass is 16.5. The Bertz CT molecular complexity index is 861. The molecule has 0 aromatic heterocycles. The van der Waals surface area contributed by atoms with E-state index in [9.17, 15) is 4.79 Å². The number of benzene rings is 2. The Hall–Kier alpha value is -3.08. The lowest BCUT2D eigenvalue weighted by atomic mass is 10.0. The fourth-order valence-corrected chi connectivity index (χ4v) is 3.28. The molecule has 5 nitrogen and oxygen atoms in total. The van der Waals surface area contributed by atoms with Crippen molar-refractivity contribution in [3.8, 4) is 5.75 Å². The van der Waals surface area contributed by atoms with Gasteiger partial charge in [0.15, 0.2) is 6.23 Å². The molecule has 0 N–H and O–H groups in total. The molecule has 1 unspecified atom stereocenters. The highest BCUT2D eigenvalue weighted by molar-refractivity contribution is 5.80. The molecule has 0 spiro atoms. The quantitative estimate of drug-likeness (QED) is 0.854. The van der Waals surface area contributed by atoms with Crippen LogP contribution in [0, 0.1) is 0 Å². The first kappa shape index (κ1) is 16.4. The van der Waals surface area contributed by atoms with Gasteiger partial charge in [0.25, 0.3) is 0 Å². The Labute approximate surface area is 153 Å². The topological polar surface area (TPSA) is 45.1 Å². The van der Waals surface area contributed by atoms with E-state index in [-0.39, 0.29) is 12.3 Å². The van der Waals surface area contributed by atoms with Crippen LogP contribution >= 0.6 is 0 Å². The molecule has 2 aliphatic rings. The van der Waals surface area contributed by atoms with Crippen molar-refractivity contribution in [2.45, 2.75) is 19.1 Å². The molecule has 1 atom stereocenters. The maximum absolute atomic E-state index is 12.6. The summed E-state index contributed by atoms with van der Waals surface area (Å²) in [6, 6.07) is 16.6. The number of ether oxygens (including phenoxy) is 1. The summed E-state index contributed by atoms with van der Waals surface area (Å²) < 4.78 is 6.01. The molecule has 2 heterocycles. The van der Waals surface area contributed by atoms with Crippen LogP contribution in [0.15, 0.2) is 65.9 Å². The number of carbonyl (C=O) groups is 1. The lowest BCUT2D eigenvalue weighted by Gasteiger charge is -2.29. The molecule has 0 bridgehead atoms. The first-order valence-electron chi connectivity index (χ1n) is 8.75. The Morgan fingerprint density at radius 3 is 2.85 bits per heavy atom. The summed E-state index contributed by atoms with van der Waals surface area (Å²) in [5, 5.41) is 0. The Morgan fingerprint density at radius 2 is 2.08 bits per heavy atom. The van der Waals surface area contributed by atoms with Crippen molar-refractivity contribution in [1.82, 2.24) is 9.80 Å². The van der Waals surface area contributed by atoms with Gasteiger partial charge in [-0.3, -0.25) is 14.8 Å². The van der Waals surface area contributed by atoms with E-state index >= 15 is 0 Å². The van der Waals surface area contributed by atoms with E-state index in [0.717, 1.165) is 17.7 Å². The van der Waals surface area contributed by atoms with E-state index in [1.165, 1.54) is 11.1 Å². The van der Waals surface area contributed by atoms with Crippen LogP contribution < -0.4 is 4.74 Å². The average molecular weight is 347 g/mol. The first-order valence-corrected chi connectivity index (χ1v) is 8.75. The number of aliphatic imine (C=N–C) groups is 1. The van der Waals surface area contributed by atoms with Gasteiger partial charge in [-0.15, -0.1) is 0 Å². The largest absolute Gasteiger partial charge is 0.470 e. The molecule has 0 radical (unpaired) electrons. The van der Waals surface area contributed by atoms with Gasteiger partial charge in [0, 0.05) is 37.6 Å². The first-order chi connectivity index (χ1) is 12.7. The molecular weight excluding hydrogens is 326 g/mol. The third kappa shape index (κ3) is 3.33. The molecule has 0 fully saturated rings. The van der Waals surface area contributed by atoms with Crippen LogP contribution in [-0.2, 0) is 12.8 Å².